The molecule has 1 rings (SSSR count). The molecule has 0 N–H and O–H groups in total. The zero-order valence-electron chi connectivity index (χ0n) is 8.40. The lowest BCUT2D eigenvalue weighted by atomic mass is 10.3. The van der Waals surface area contributed by atoms with Gasteiger partial charge < -0.3 is 4.90 Å². The predicted molar refractivity (Wildman–Crippen MR) is 62.4 cm³/mol. The molecule has 76 valence electrons. The van der Waals surface area contributed by atoms with Gasteiger partial charge >= 0.3 is 0 Å². The van der Waals surface area contributed by atoms with Gasteiger partial charge in [-0.1, -0.05) is 6.08 Å². The van der Waals surface area contributed by atoms with Gasteiger partial charge in [0.05, 0.1) is 9.88 Å². The van der Waals surface area contributed by atoms with Crippen LogP contribution < -0.4 is 4.90 Å². The molecule has 1 aromatic heterocycles. The lowest BCUT2D eigenvalue weighted by Gasteiger charge is -2.15. The first-order valence-corrected chi connectivity index (χ1v) is 5.46. The smallest absolute Gasteiger partial charge is 0.160 e. The molecule has 0 aliphatic heterocycles. The Labute approximate surface area is 88.9 Å². The van der Waals surface area contributed by atoms with Crippen LogP contribution in [0.4, 0.5) is 5.00 Å². The lowest BCUT2D eigenvalue weighted by Crippen LogP contribution is -2.16. The first-order chi connectivity index (χ1) is 6.77. The summed E-state index contributed by atoms with van der Waals surface area (Å²) >= 11 is 1.53. The Balaban J connectivity index is 2.46. The number of unbranched alkanes of at least 4 members (excludes halogenated alkanes) is 1. The van der Waals surface area contributed by atoms with E-state index in [1.807, 2.05) is 25.3 Å². The second kappa shape index (κ2) is 5.60. The van der Waals surface area contributed by atoms with Gasteiger partial charge in [-0.3, -0.25) is 4.79 Å². The predicted octanol–water partition coefficient (Wildman–Crippen LogP) is 2.96. The Kier molecular flexibility index (Phi) is 4.40. The minimum absolute atomic E-state index is 0.788. The fourth-order valence-electron chi connectivity index (χ4n) is 1.19. The van der Waals surface area contributed by atoms with Crippen molar-refractivity contribution >= 4 is 22.6 Å². The van der Waals surface area contributed by atoms with E-state index in [1.54, 1.807) is 0 Å². The zero-order chi connectivity index (χ0) is 10.4. The summed E-state index contributed by atoms with van der Waals surface area (Å²) in [7, 11) is 2.05. The number of hydrogen-bond donors (Lipinski definition) is 0. The van der Waals surface area contributed by atoms with Crippen molar-refractivity contribution in [3.63, 3.8) is 0 Å². The largest absolute Gasteiger partial charge is 0.366 e. The number of allylic oxidation sites excluding steroid dienone is 1. The highest BCUT2D eigenvalue weighted by molar-refractivity contribution is 7.17. The summed E-state index contributed by atoms with van der Waals surface area (Å²) < 4.78 is 0. The van der Waals surface area contributed by atoms with E-state index in [2.05, 4.69) is 11.5 Å². The lowest BCUT2D eigenvalue weighted by molar-refractivity contribution is 0.112. The fraction of sp³-hybridized carbons (Fsp3) is 0.364. The molecule has 0 saturated heterocycles. The van der Waals surface area contributed by atoms with Crippen LogP contribution in [0.3, 0.4) is 0 Å². The highest BCUT2D eigenvalue weighted by atomic mass is 32.1. The number of anilines is 1. The van der Waals surface area contributed by atoms with Crippen LogP contribution in [0, 0.1) is 0 Å². The van der Waals surface area contributed by atoms with E-state index in [-0.39, 0.29) is 0 Å². The quantitative estimate of drug-likeness (QED) is 0.408. The number of rotatable bonds is 6. The second-order valence-electron chi connectivity index (χ2n) is 3.15. The fourth-order valence-corrected chi connectivity index (χ4v) is 2.00. The molecule has 1 aromatic rings. The normalized spacial score (nSPS) is 9.79. The third-order valence-corrected chi connectivity index (χ3v) is 3.13. The van der Waals surface area contributed by atoms with Gasteiger partial charge in [0.2, 0.25) is 0 Å². The summed E-state index contributed by atoms with van der Waals surface area (Å²) in [5, 5.41) is 1.15. The molecule has 0 radical (unpaired) electrons. The zero-order valence-corrected chi connectivity index (χ0v) is 9.22. The molecule has 1 heterocycles. The van der Waals surface area contributed by atoms with Crippen molar-refractivity contribution in [2.45, 2.75) is 12.8 Å². The van der Waals surface area contributed by atoms with E-state index in [9.17, 15) is 4.79 Å². The Morgan fingerprint density at radius 3 is 2.93 bits per heavy atom. The van der Waals surface area contributed by atoms with Crippen molar-refractivity contribution in [3.05, 3.63) is 29.7 Å². The van der Waals surface area contributed by atoms with Gasteiger partial charge in [0.15, 0.2) is 6.29 Å². The van der Waals surface area contributed by atoms with E-state index in [1.165, 1.54) is 11.3 Å². The number of aldehydes is 1. The van der Waals surface area contributed by atoms with Crippen LogP contribution in [-0.2, 0) is 0 Å². The Morgan fingerprint density at radius 2 is 2.36 bits per heavy atom. The average Bonchev–Trinajstić information content (AvgIpc) is 2.66. The number of carbonyl (C=O) groups is 1. The van der Waals surface area contributed by atoms with E-state index < -0.39 is 0 Å². The SMILES string of the molecule is C=CCCCN(C)c1ccc(C=O)s1. The second-order valence-corrected chi connectivity index (χ2v) is 4.24. The maximum atomic E-state index is 10.5. The van der Waals surface area contributed by atoms with Gasteiger partial charge in [-0.15, -0.1) is 17.9 Å². The highest BCUT2D eigenvalue weighted by Gasteiger charge is 2.03. The maximum absolute atomic E-state index is 10.5. The van der Waals surface area contributed by atoms with Gasteiger partial charge in [0.1, 0.15) is 0 Å². The summed E-state index contributed by atoms with van der Waals surface area (Å²) in [5.41, 5.74) is 0. The van der Waals surface area contributed by atoms with Crippen LogP contribution in [0.5, 0.6) is 0 Å². The van der Waals surface area contributed by atoms with Crippen LogP contribution in [0.15, 0.2) is 24.8 Å². The number of nitrogens with zero attached hydrogens (tertiary/aromatic N) is 1. The van der Waals surface area contributed by atoms with Crippen molar-refractivity contribution in [1.82, 2.24) is 0 Å². The molecule has 0 aliphatic rings. The molecule has 3 heteroatoms. The van der Waals surface area contributed by atoms with Crippen LogP contribution in [-0.4, -0.2) is 19.9 Å². The Bertz CT molecular complexity index is 306. The van der Waals surface area contributed by atoms with Gasteiger partial charge in [-0.2, -0.15) is 0 Å². The number of hydrogen-bond acceptors (Lipinski definition) is 3. The molecule has 0 aliphatic carbocycles. The van der Waals surface area contributed by atoms with Crippen molar-refractivity contribution in [2.24, 2.45) is 0 Å². The summed E-state index contributed by atoms with van der Waals surface area (Å²) in [5.74, 6) is 0. The Morgan fingerprint density at radius 1 is 1.57 bits per heavy atom. The molecule has 2 nitrogen and oxygen atoms in total. The highest BCUT2D eigenvalue weighted by Crippen LogP contribution is 2.23. The van der Waals surface area contributed by atoms with Crippen LogP contribution >= 0.6 is 11.3 Å². The van der Waals surface area contributed by atoms with Crippen molar-refractivity contribution in [3.8, 4) is 0 Å². The summed E-state index contributed by atoms with van der Waals surface area (Å²) in [6.45, 7) is 4.69. The maximum Gasteiger partial charge on any atom is 0.160 e. The average molecular weight is 209 g/mol. The molecule has 0 fully saturated rings. The third-order valence-electron chi connectivity index (χ3n) is 2.01. The minimum atomic E-state index is 0.788. The van der Waals surface area contributed by atoms with Gasteiger partial charge in [0.25, 0.3) is 0 Å². The number of thiophene rings is 1. The standard InChI is InChI=1S/C11H15NOS/c1-3-4-5-8-12(2)11-7-6-10(9-13)14-11/h3,6-7,9H,1,4-5,8H2,2H3. The number of carbonyl (C=O) groups excluding carboxylic acids is 1. The molecule has 14 heavy (non-hydrogen) atoms. The molecule has 0 bridgehead atoms. The minimum Gasteiger partial charge on any atom is -0.366 e. The van der Waals surface area contributed by atoms with E-state index in [0.717, 1.165) is 35.6 Å². The van der Waals surface area contributed by atoms with Gasteiger partial charge in [0, 0.05) is 13.6 Å². The van der Waals surface area contributed by atoms with Crippen molar-refractivity contribution < 1.29 is 4.79 Å². The molecule has 0 saturated carbocycles. The van der Waals surface area contributed by atoms with Crippen LogP contribution in [0.25, 0.3) is 0 Å². The topological polar surface area (TPSA) is 20.3 Å². The molecule has 0 unspecified atom stereocenters. The third kappa shape index (κ3) is 3.00. The monoisotopic (exact) mass is 209 g/mol. The van der Waals surface area contributed by atoms with E-state index in [0.29, 0.717) is 0 Å². The summed E-state index contributed by atoms with van der Waals surface area (Å²) in [4.78, 5) is 13.4. The molecular weight excluding hydrogens is 194 g/mol. The Hall–Kier alpha value is -1.09. The summed E-state index contributed by atoms with van der Waals surface area (Å²) in [6, 6.07) is 3.85. The summed E-state index contributed by atoms with van der Waals surface area (Å²) in [6.07, 6.45) is 4.97. The van der Waals surface area contributed by atoms with Crippen LogP contribution in [0.2, 0.25) is 0 Å². The van der Waals surface area contributed by atoms with Crippen molar-refractivity contribution in [2.75, 3.05) is 18.5 Å². The molecular formula is C11H15NOS. The molecule has 0 aromatic carbocycles. The van der Waals surface area contributed by atoms with Crippen molar-refractivity contribution in [1.29, 1.82) is 0 Å². The molecule has 0 amide bonds. The van der Waals surface area contributed by atoms with Crippen LogP contribution in [0.1, 0.15) is 22.5 Å². The van der Waals surface area contributed by atoms with Gasteiger partial charge in [-0.25, -0.2) is 0 Å². The first-order valence-electron chi connectivity index (χ1n) is 4.65. The first kappa shape index (κ1) is 11.0. The van der Waals surface area contributed by atoms with E-state index in [4.69, 9.17) is 0 Å². The molecule has 0 atom stereocenters. The molecule has 0 spiro atoms. The van der Waals surface area contributed by atoms with Gasteiger partial charge in [-0.05, 0) is 25.0 Å². The van der Waals surface area contributed by atoms with E-state index >= 15 is 0 Å².